The average molecular weight is 311 g/mol. The summed E-state index contributed by atoms with van der Waals surface area (Å²) in [5, 5.41) is 3.10. The standard InChI is InChI=1S/C15H25N3O2S/c1-3-17-11-15(7-14(17)8-16-2)21(19,20)18-9-12-5-4-6-13(12)10-18/h7,11-13,16H,3-6,8-10H2,1-2H3. The maximum atomic E-state index is 12.8. The molecule has 0 bridgehead atoms. The van der Waals surface area contributed by atoms with Gasteiger partial charge in [0, 0.05) is 38.1 Å². The summed E-state index contributed by atoms with van der Waals surface area (Å²) in [7, 11) is -1.45. The normalized spacial score (nSPS) is 26.4. The molecule has 1 saturated carbocycles. The molecular formula is C15H25N3O2S. The molecular weight excluding hydrogens is 286 g/mol. The molecule has 5 nitrogen and oxygen atoms in total. The molecule has 1 N–H and O–H groups in total. The van der Waals surface area contributed by atoms with Crippen molar-refractivity contribution in [2.24, 2.45) is 11.8 Å². The lowest BCUT2D eigenvalue weighted by Gasteiger charge is -2.16. The first-order valence-electron chi connectivity index (χ1n) is 7.90. The molecule has 3 rings (SSSR count). The zero-order chi connectivity index (χ0) is 15.0. The van der Waals surface area contributed by atoms with Crippen LogP contribution in [0.3, 0.4) is 0 Å². The third kappa shape index (κ3) is 2.64. The molecule has 1 aromatic rings. The summed E-state index contributed by atoms with van der Waals surface area (Å²) in [4.78, 5) is 0.453. The van der Waals surface area contributed by atoms with E-state index < -0.39 is 10.0 Å². The van der Waals surface area contributed by atoms with Crippen LogP contribution in [0.5, 0.6) is 0 Å². The van der Waals surface area contributed by atoms with Crippen LogP contribution in [0.25, 0.3) is 0 Å². The Labute approximate surface area is 127 Å². The Bertz CT molecular complexity index is 596. The predicted octanol–water partition coefficient (Wildman–Crippen LogP) is 1.65. The molecule has 6 heteroatoms. The summed E-state index contributed by atoms with van der Waals surface area (Å²) >= 11 is 0. The van der Waals surface area contributed by atoms with Crippen molar-refractivity contribution < 1.29 is 8.42 Å². The number of nitrogens with one attached hydrogen (secondary N) is 1. The maximum absolute atomic E-state index is 12.8. The van der Waals surface area contributed by atoms with Gasteiger partial charge >= 0.3 is 0 Å². The fraction of sp³-hybridized carbons (Fsp3) is 0.733. The van der Waals surface area contributed by atoms with E-state index in [0.717, 1.165) is 12.2 Å². The summed E-state index contributed by atoms with van der Waals surface area (Å²) in [6.07, 6.45) is 5.44. The lowest BCUT2D eigenvalue weighted by molar-refractivity contribution is 0.445. The molecule has 0 radical (unpaired) electrons. The van der Waals surface area contributed by atoms with Crippen molar-refractivity contribution in [1.82, 2.24) is 14.2 Å². The van der Waals surface area contributed by atoms with E-state index in [1.54, 1.807) is 10.5 Å². The van der Waals surface area contributed by atoms with E-state index in [9.17, 15) is 8.42 Å². The summed E-state index contributed by atoms with van der Waals surface area (Å²) in [6, 6.07) is 1.82. The van der Waals surface area contributed by atoms with Gasteiger partial charge in [0.15, 0.2) is 0 Å². The number of hydrogen-bond acceptors (Lipinski definition) is 3. The van der Waals surface area contributed by atoms with E-state index in [-0.39, 0.29) is 0 Å². The second kappa shape index (κ2) is 5.74. The van der Waals surface area contributed by atoms with Crippen LogP contribution in [0, 0.1) is 11.8 Å². The fourth-order valence-corrected chi connectivity index (χ4v) is 5.45. The molecule has 2 aliphatic rings. The first kappa shape index (κ1) is 15.1. The largest absolute Gasteiger partial charge is 0.349 e. The topological polar surface area (TPSA) is 54.3 Å². The Morgan fingerprint density at radius 2 is 1.95 bits per heavy atom. The fourth-order valence-electron chi connectivity index (χ4n) is 3.83. The van der Waals surface area contributed by atoms with Gasteiger partial charge in [-0.2, -0.15) is 4.31 Å². The van der Waals surface area contributed by atoms with Crippen LogP contribution < -0.4 is 5.32 Å². The molecule has 118 valence electrons. The van der Waals surface area contributed by atoms with Crippen molar-refractivity contribution in [1.29, 1.82) is 0 Å². The van der Waals surface area contributed by atoms with Gasteiger partial charge in [0.25, 0.3) is 0 Å². The Balaban J connectivity index is 1.85. The van der Waals surface area contributed by atoms with Crippen molar-refractivity contribution in [2.75, 3.05) is 20.1 Å². The van der Waals surface area contributed by atoms with Crippen LogP contribution in [-0.2, 0) is 23.1 Å². The molecule has 1 aliphatic heterocycles. The van der Waals surface area contributed by atoms with Crippen LogP contribution in [0.15, 0.2) is 17.2 Å². The van der Waals surface area contributed by atoms with Gasteiger partial charge in [0.05, 0.1) is 0 Å². The lowest BCUT2D eigenvalue weighted by Crippen LogP contribution is -2.29. The SMILES string of the molecule is CCn1cc(S(=O)(=O)N2CC3CCCC3C2)cc1CNC. The highest BCUT2D eigenvalue weighted by atomic mass is 32.2. The molecule has 0 spiro atoms. The first-order valence-corrected chi connectivity index (χ1v) is 9.34. The average Bonchev–Trinajstić information content (AvgIpc) is 3.12. The van der Waals surface area contributed by atoms with Gasteiger partial charge in [0.2, 0.25) is 10.0 Å². The summed E-state index contributed by atoms with van der Waals surface area (Å²) in [5.41, 5.74) is 1.03. The lowest BCUT2D eigenvalue weighted by atomic mass is 10.0. The molecule has 2 atom stereocenters. The van der Waals surface area contributed by atoms with Crippen LogP contribution in [-0.4, -0.2) is 37.4 Å². The van der Waals surface area contributed by atoms with E-state index in [1.807, 2.05) is 24.6 Å². The van der Waals surface area contributed by atoms with Gasteiger partial charge in [-0.3, -0.25) is 0 Å². The van der Waals surface area contributed by atoms with Crippen LogP contribution in [0.4, 0.5) is 0 Å². The molecule has 21 heavy (non-hydrogen) atoms. The third-order valence-electron chi connectivity index (χ3n) is 4.99. The van der Waals surface area contributed by atoms with Crippen molar-refractivity contribution in [3.63, 3.8) is 0 Å². The molecule has 1 aliphatic carbocycles. The molecule has 2 heterocycles. The van der Waals surface area contributed by atoms with E-state index in [0.29, 0.717) is 36.4 Å². The Hall–Kier alpha value is -0.850. The summed E-state index contributed by atoms with van der Waals surface area (Å²) in [5.74, 6) is 1.18. The van der Waals surface area contributed by atoms with Crippen molar-refractivity contribution in [3.05, 3.63) is 18.0 Å². The van der Waals surface area contributed by atoms with Gasteiger partial charge in [-0.1, -0.05) is 6.42 Å². The number of rotatable bonds is 5. The van der Waals surface area contributed by atoms with E-state index in [4.69, 9.17) is 0 Å². The molecule has 2 unspecified atom stereocenters. The third-order valence-corrected chi connectivity index (χ3v) is 6.79. The zero-order valence-electron chi connectivity index (χ0n) is 12.9. The molecule has 1 saturated heterocycles. The Kier molecular flexibility index (Phi) is 4.12. The van der Waals surface area contributed by atoms with Crippen molar-refractivity contribution in [2.45, 2.75) is 44.2 Å². The quantitative estimate of drug-likeness (QED) is 0.899. The van der Waals surface area contributed by atoms with E-state index in [2.05, 4.69) is 5.32 Å². The van der Waals surface area contributed by atoms with Gasteiger partial charge < -0.3 is 9.88 Å². The van der Waals surface area contributed by atoms with Gasteiger partial charge in [-0.15, -0.1) is 0 Å². The molecule has 0 aromatic carbocycles. The van der Waals surface area contributed by atoms with Gasteiger partial charge in [0.1, 0.15) is 4.90 Å². The molecule has 0 amide bonds. The highest BCUT2D eigenvalue weighted by molar-refractivity contribution is 7.89. The predicted molar refractivity (Wildman–Crippen MR) is 82.5 cm³/mol. The van der Waals surface area contributed by atoms with Crippen LogP contribution in [0.2, 0.25) is 0 Å². The second-order valence-corrected chi connectivity index (χ2v) is 8.19. The smallest absolute Gasteiger partial charge is 0.244 e. The van der Waals surface area contributed by atoms with Crippen molar-refractivity contribution >= 4 is 10.0 Å². The molecule has 1 aromatic heterocycles. The second-order valence-electron chi connectivity index (χ2n) is 6.26. The van der Waals surface area contributed by atoms with Gasteiger partial charge in [-0.25, -0.2) is 8.42 Å². The minimum Gasteiger partial charge on any atom is -0.349 e. The minimum atomic E-state index is -3.33. The van der Waals surface area contributed by atoms with Gasteiger partial charge in [-0.05, 0) is 44.7 Å². The number of aryl methyl sites for hydroxylation is 1. The zero-order valence-corrected chi connectivity index (χ0v) is 13.7. The first-order chi connectivity index (χ1) is 10.1. The number of nitrogens with zero attached hydrogens (tertiary/aromatic N) is 2. The highest BCUT2D eigenvalue weighted by Gasteiger charge is 2.41. The Morgan fingerprint density at radius 3 is 2.52 bits per heavy atom. The van der Waals surface area contributed by atoms with Crippen molar-refractivity contribution in [3.8, 4) is 0 Å². The minimum absolute atomic E-state index is 0.453. The monoisotopic (exact) mass is 311 g/mol. The highest BCUT2D eigenvalue weighted by Crippen LogP contribution is 2.39. The van der Waals surface area contributed by atoms with Crippen LogP contribution >= 0.6 is 0 Å². The van der Waals surface area contributed by atoms with Crippen LogP contribution in [0.1, 0.15) is 31.9 Å². The number of fused-ring (bicyclic) bond motifs is 1. The summed E-state index contributed by atoms with van der Waals surface area (Å²) in [6.45, 7) is 4.94. The summed E-state index contributed by atoms with van der Waals surface area (Å²) < 4.78 is 29.4. The van der Waals surface area contributed by atoms with E-state index >= 15 is 0 Å². The number of aromatic nitrogens is 1. The Morgan fingerprint density at radius 1 is 1.29 bits per heavy atom. The maximum Gasteiger partial charge on any atom is 0.244 e. The number of sulfonamides is 1. The molecule has 2 fully saturated rings. The van der Waals surface area contributed by atoms with E-state index in [1.165, 1.54) is 19.3 Å². The number of hydrogen-bond donors (Lipinski definition) is 1.